The van der Waals surface area contributed by atoms with Gasteiger partial charge in [-0.05, 0) is 77.3 Å². The van der Waals surface area contributed by atoms with E-state index in [0.29, 0.717) is 6.54 Å². The summed E-state index contributed by atoms with van der Waals surface area (Å²) < 4.78 is 12.3. The minimum atomic E-state index is -0.714. The molecule has 0 aliphatic carbocycles. The predicted molar refractivity (Wildman–Crippen MR) is 216 cm³/mol. The van der Waals surface area contributed by atoms with Gasteiger partial charge in [-0.25, -0.2) is 0 Å². The van der Waals surface area contributed by atoms with Crippen LogP contribution in [0.4, 0.5) is 0 Å². The molecule has 0 spiro atoms. The average Bonchev–Trinajstić information content (AvgIpc) is 3.13. The van der Waals surface area contributed by atoms with E-state index in [1.807, 2.05) is 0 Å². The summed E-state index contributed by atoms with van der Waals surface area (Å²) in [6, 6.07) is -0.714. The van der Waals surface area contributed by atoms with Gasteiger partial charge >= 0.3 is 11.9 Å². The van der Waals surface area contributed by atoms with Crippen molar-refractivity contribution in [3.8, 4) is 23.7 Å². The highest BCUT2D eigenvalue weighted by molar-refractivity contribution is 5.83. The highest BCUT2D eigenvalue weighted by Crippen LogP contribution is 2.18. The number of carbonyl (C=O) groups is 2. The first-order valence-corrected chi connectivity index (χ1v) is 21.8. The van der Waals surface area contributed by atoms with Crippen LogP contribution in [0.3, 0.4) is 0 Å². The lowest BCUT2D eigenvalue weighted by Crippen LogP contribution is -2.45. The number of ether oxygens (including phenoxy) is 2. The van der Waals surface area contributed by atoms with Crippen LogP contribution in [0.1, 0.15) is 207 Å². The Kier molecular flexibility index (Phi) is 32.3. The van der Waals surface area contributed by atoms with Crippen LogP contribution in [-0.4, -0.2) is 61.3 Å². The Hall–Kier alpha value is -2.02. The largest absolute Gasteiger partial charge is 0.462 e. The predicted octanol–water partition coefficient (Wildman–Crippen LogP) is 11.1. The number of esters is 2. The normalized spacial score (nSPS) is 14.8. The highest BCUT2D eigenvalue weighted by Gasteiger charge is 2.28. The summed E-state index contributed by atoms with van der Waals surface area (Å²) in [7, 11) is 0. The molecule has 1 N–H and O–H groups in total. The number of piperidine rings is 1. The third-order valence-corrected chi connectivity index (χ3v) is 9.95. The molecule has 0 bridgehead atoms. The third-order valence-electron chi connectivity index (χ3n) is 9.95. The van der Waals surface area contributed by atoms with Gasteiger partial charge in [0.2, 0.25) is 0 Å². The maximum absolute atomic E-state index is 13.8. The van der Waals surface area contributed by atoms with E-state index in [-0.39, 0.29) is 30.6 Å². The molecule has 294 valence electrons. The summed E-state index contributed by atoms with van der Waals surface area (Å²) in [5.74, 6) is 12.4. The number of unbranched alkanes of at least 4 members (excludes halogenated alkanes) is 14. The van der Waals surface area contributed by atoms with Crippen LogP contribution in [0.2, 0.25) is 0 Å². The molecule has 0 aromatic carbocycles. The van der Waals surface area contributed by atoms with E-state index in [4.69, 9.17) is 9.47 Å². The van der Waals surface area contributed by atoms with Crippen LogP contribution in [0, 0.1) is 23.7 Å². The molecule has 0 radical (unpaired) electrons. The molecule has 0 saturated carbocycles. The Bertz CT molecular complexity index is 955. The number of rotatable bonds is 31. The van der Waals surface area contributed by atoms with Crippen molar-refractivity contribution in [1.82, 2.24) is 10.2 Å². The van der Waals surface area contributed by atoms with Crippen LogP contribution in [0.25, 0.3) is 0 Å². The van der Waals surface area contributed by atoms with E-state index >= 15 is 0 Å². The van der Waals surface area contributed by atoms with E-state index in [0.717, 1.165) is 110 Å². The number of carbonyl (C=O) groups excluding carboxylic acids is 2. The van der Waals surface area contributed by atoms with Gasteiger partial charge in [0.15, 0.2) is 0 Å². The van der Waals surface area contributed by atoms with Gasteiger partial charge in [-0.2, -0.15) is 0 Å². The van der Waals surface area contributed by atoms with Crippen LogP contribution in [-0.2, 0) is 19.1 Å². The first-order chi connectivity index (χ1) is 25.0. The van der Waals surface area contributed by atoms with E-state index < -0.39 is 6.04 Å². The molecule has 1 aliphatic rings. The maximum Gasteiger partial charge on any atom is 0.324 e. The molecule has 1 heterocycles. The molecule has 1 aliphatic heterocycles. The lowest BCUT2D eigenvalue weighted by Gasteiger charge is -2.28. The Balaban J connectivity index is 2.91. The molecule has 3 atom stereocenters. The van der Waals surface area contributed by atoms with Crippen molar-refractivity contribution in [3.05, 3.63) is 0 Å². The van der Waals surface area contributed by atoms with Gasteiger partial charge in [0.05, 0.1) is 6.42 Å². The monoisotopic (exact) mass is 713 g/mol. The Morgan fingerprint density at radius 1 is 0.569 bits per heavy atom. The van der Waals surface area contributed by atoms with Gasteiger partial charge in [0.25, 0.3) is 0 Å². The first-order valence-electron chi connectivity index (χ1n) is 21.8. The Morgan fingerprint density at radius 3 is 1.55 bits per heavy atom. The van der Waals surface area contributed by atoms with Gasteiger partial charge in [-0.15, -0.1) is 23.7 Å². The zero-order valence-electron chi connectivity index (χ0n) is 33.9. The maximum atomic E-state index is 13.8. The summed E-state index contributed by atoms with van der Waals surface area (Å²) in [4.78, 5) is 29.8. The number of nitrogens with zero attached hydrogens (tertiary/aromatic N) is 1. The number of nitrogens with one attached hydrogen (secondary N) is 1. The minimum Gasteiger partial charge on any atom is -0.462 e. The summed E-state index contributed by atoms with van der Waals surface area (Å²) in [5.41, 5.74) is 0. The fraction of sp³-hybridized carbons (Fsp3) is 0.867. The minimum absolute atomic E-state index is 0.00564. The average molecular weight is 713 g/mol. The van der Waals surface area contributed by atoms with E-state index in [2.05, 4.69) is 61.6 Å². The molecule has 0 aromatic heterocycles. The zero-order chi connectivity index (χ0) is 37.0. The van der Waals surface area contributed by atoms with Crippen LogP contribution in [0.15, 0.2) is 0 Å². The fourth-order valence-corrected chi connectivity index (χ4v) is 6.72. The van der Waals surface area contributed by atoms with Crippen molar-refractivity contribution in [2.45, 2.75) is 226 Å². The van der Waals surface area contributed by atoms with Crippen LogP contribution >= 0.6 is 0 Å². The summed E-state index contributed by atoms with van der Waals surface area (Å²) >= 11 is 0. The van der Waals surface area contributed by atoms with Crippen molar-refractivity contribution in [1.29, 1.82) is 0 Å². The van der Waals surface area contributed by atoms with Crippen molar-refractivity contribution >= 4 is 11.9 Å². The molecule has 6 nitrogen and oxygen atoms in total. The summed E-state index contributed by atoms with van der Waals surface area (Å²) in [5, 5.41) is 3.43. The second-order valence-corrected chi connectivity index (χ2v) is 14.9. The zero-order valence-corrected chi connectivity index (χ0v) is 33.9. The van der Waals surface area contributed by atoms with Gasteiger partial charge < -0.3 is 19.7 Å². The number of hydrogen-bond acceptors (Lipinski definition) is 6. The van der Waals surface area contributed by atoms with E-state index in [1.165, 1.54) is 83.5 Å². The standard InChI is InChI=1S/C45H80N2O4/c1-5-9-13-17-19-23-28-33-41(32-26-21-15-11-7-3)50-44(48)40-43(46-36-39-47-37-30-25-31-38-47)45(49)51-42(34-27-22-16-12-8-4)35-29-24-20-18-14-10-6-2/h41-43,46H,5-14,17-20,23-40H2,1-4H3. The molecule has 0 amide bonds. The molecular weight excluding hydrogens is 633 g/mol. The molecule has 1 fully saturated rings. The van der Waals surface area contributed by atoms with Crippen LogP contribution in [0.5, 0.6) is 0 Å². The van der Waals surface area contributed by atoms with E-state index in [1.54, 1.807) is 0 Å². The van der Waals surface area contributed by atoms with Crippen molar-refractivity contribution < 1.29 is 19.1 Å². The lowest BCUT2D eigenvalue weighted by atomic mass is 10.0. The quantitative estimate of drug-likeness (QED) is 0.0438. The number of hydrogen-bond donors (Lipinski definition) is 1. The van der Waals surface area contributed by atoms with E-state index in [9.17, 15) is 9.59 Å². The topological polar surface area (TPSA) is 67.9 Å². The Labute approximate surface area is 316 Å². The van der Waals surface area contributed by atoms with Gasteiger partial charge in [-0.1, -0.05) is 111 Å². The molecule has 0 aromatic rings. The fourth-order valence-electron chi connectivity index (χ4n) is 6.72. The third kappa shape index (κ3) is 28.2. The smallest absolute Gasteiger partial charge is 0.324 e. The summed E-state index contributed by atoms with van der Waals surface area (Å²) in [6.07, 6.45) is 29.1. The SMILES string of the molecule is CCCC#CCCC(CCCCCCCCC)OC(=O)CC(NCCN1CCCCC1)C(=O)OC(CCC#CCCC)CCCCCCCCC. The van der Waals surface area contributed by atoms with Gasteiger partial charge in [-0.3, -0.25) is 9.59 Å². The van der Waals surface area contributed by atoms with Crippen molar-refractivity contribution in [2.24, 2.45) is 0 Å². The molecule has 3 unspecified atom stereocenters. The molecule has 6 heteroatoms. The molecule has 1 saturated heterocycles. The second kappa shape index (κ2) is 35.0. The lowest BCUT2D eigenvalue weighted by molar-refractivity contribution is -0.159. The Morgan fingerprint density at radius 2 is 1.04 bits per heavy atom. The summed E-state index contributed by atoms with van der Waals surface area (Å²) in [6.45, 7) is 12.5. The molecule has 1 rings (SSSR count). The van der Waals surface area contributed by atoms with Gasteiger partial charge in [0, 0.05) is 38.8 Å². The van der Waals surface area contributed by atoms with Gasteiger partial charge in [0.1, 0.15) is 18.2 Å². The first kappa shape index (κ1) is 47.0. The number of likely N-dealkylation sites (tertiary alicyclic amines) is 1. The highest BCUT2D eigenvalue weighted by atomic mass is 16.6. The molecule has 51 heavy (non-hydrogen) atoms. The van der Waals surface area contributed by atoms with Crippen molar-refractivity contribution in [3.63, 3.8) is 0 Å². The second-order valence-electron chi connectivity index (χ2n) is 14.9. The molecular formula is C45H80N2O4. The van der Waals surface area contributed by atoms with Crippen molar-refractivity contribution in [2.75, 3.05) is 26.2 Å². The van der Waals surface area contributed by atoms with Crippen LogP contribution < -0.4 is 5.32 Å².